The van der Waals surface area contributed by atoms with Crippen LogP contribution in [-0.4, -0.2) is 6.54 Å². The average molecular weight is 350 g/mol. The Morgan fingerprint density at radius 2 is 1.95 bits per heavy atom. The summed E-state index contributed by atoms with van der Waals surface area (Å²) in [5, 5.41) is 3.59. The molecule has 0 spiro atoms. The molecule has 0 bridgehead atoms. The van der Waals surface area contributed by atoms with E-state index in [1.165, 1.54) is 39.1 Å². The van der Waals surface area contributed by atoms with Crippen LogP contribution in [0.15, 0.2) is 40.2 Å². The van der Waals surface area contributed by atoms with E-state index in [9.17, 15) is 0 Å². The highest BCUT2D eigenvalue weighted by Gasteiger charge is 2.20. The first-order chi connectivity index (χ1) is 9.78. The van der Waals surface area contributed by atoms with E-state index in [2.05, 4.69) is 64.6 Å². The Kier molecular flexibility index (Phi) is 4.59. The summed E-state index contributed by atoms with van der Waals surface area (Å²) in [6.07, 6.45) is 4.14. The fourth-order valence-corrected chi connectivity index (χ4v) is 4.30. The van der Waals surface area contributed by atoms with E-state index in [0.717, 1.165) is 12.5 Å². The Balaban J connectivity index is 1.83. The van der Waals surface area contributed by atoms with E-state index in [1.807, 2.05) is 11.3 Å². The molecule has 1 aliphatic rings. The van der Waals surface area contributed by atoms with Crippen LogP contribution in [0.5, 0.6) is 0 Å². The molecule has 1 aromatic carbocycles. The second kappa shape index (κ2) is 6.42. The molecule has 106 valence electrons. The normalized spacial score (nSPS) is 16.9. The molecule has 1 saturated carbocycles. The van der Waals surface area contributed by atoms with Crippen molar-refractivity contribution in [3.63, 3.8) is 0 Å². The van der Waals surface area contributed by atoms with Gasteiger partial charge in [-0.05, 0) is 64.5 Å². The summed E-state index contributed by atoms with van der Waals surface area (Å²) in [6, 6.07) is 13.9. The molecule has 3 heteroatoms. The number of hydrogen-bond acceptors (Lipinski definition) is 2. The van der Waals surface area contributed by atoms with Crippen molar-refractivity contribution in [1.82, 2.24) is 5.32 Å². The van der Waals surface area contributed by atoms with Crippen LogP contribution in [0.25, 0.3) is 0 Å². The van der Waals surface area contributed by atoms with E-state index in [0.29, 0.717) is 6.04 Å². The molecule has 1 nitrogen and oxygen atoms in total. The van der Waals surface area contributed by atoms with E-state index in [4.69, 9.17) is 0 Å². The summed E-state index contributed by atoms with van der Waals surface area (Å²) in [7, 11) is 0. The Labute approximate surface area is 133 Å². The lowest BCUT2D eigenvalue weighted by Crippen LogP contribution is -2.21. The van der Waals surface area contributed by atoms with Gasteiger partial charge in [-0.15, -0.1) is 11.3 Å². The van der Waals surface area contributed by atoms with Crippen molar-refractivity contribution in [2.75, 3.05) is 6.54 Å². The van der Waals surface area contributed by atoms with Gasteiger partial charge in [0.1, 0.15) is 0 Å². The minimum absolute atomic E-state index is 0.312. The third kappa shape index (κ3) is 3.00. The molecule has 3 rings (SSSR count). The fraction of sp³-hybridized carbons (Fsp3) is 0.412. The summed E-state index contributed by atoms with van der Waals surface area (Å²) in [5.74, 6) is 0.817. The number of nitrogens with one attached hydrogen (secondary N) is 1. The lowest BCUT2D eigenvalue weighted by molar-refractivity contribution is 0.419. The zero-order valence-electron chi connectivity index (χ0n) is 11.7. The van der Waals surface area contributed by atoms with Crippen LogP contribution in [0.4, 0.5) is 0 Å². The topological polar surface area (TPSA) is 12.0 Å². The number of benzene rings is 1. The van der Waals surface area contributed by atoms with Gasteiger partial charge in [-0.25, -0.2) is 0 Å². The highest BCUT2D eigenvalue weighted by molar-refractivity contribution is 9.11. The predicted octanol–water partition coefficient (Wildman–Crippen LogP) is 5.48. The smallest absolute Gasteiger partial charge is 0.0702 e. The molecule has 1 fully saturated rings. The van der Waals surface area contributed by atoms with Crippen molar-refractivity contribution in [2.24, 2.45) is 0 Å². The molecule has 1 unspecified atom stereocenters. The van der Waals surface area contributed by atoms with Gasteiger partial charge in [0, 0.05) is 4.88 Å². The summed E-state index contributed by atoms with van der Waals surface area (Å²) >= 11 is 5.37. The van der Waals surface area contributed by atoms with Gasteiger partial charge in [0.25, 0.3) is 0 Å². The van der Waals surface area contributed by atoms with E-state index < -0.39 is 0 Å². The zero-order chi connectivity index (χ0) is 13.9. The van der Waals surface area contributed by atoms with Crippen molar-refractivity contribution >= 4 is 27.3 Å². The van der Waals surface area contributed by atoms with Crippen LogP contribution >= 0.6 is 27.3 Å². The number of thiophene rings is 1. The maximum Gasteiger partial charge on any atom is 0.0702 e. The summed E-state index contributed by atoms with van der Waals surface area (Å²) in [4.78, 5) is 1.37. The first kappa shape index (κ1) is 14.3. The lowest BCUT2D eigenvalue weighted by Gasteiger charge is -2.26. The third-order valence-electron chi connectivity index (χ3n) is 4.13. The van der Waals surface area contributed by atoms with Gasteiger partial charge in [-0.2, -0.15) is 0 Å². The van der Waals surface area contributed by atoms with Crippen LogP contribution < -0.4 is 5.32 Å². The maximum atomic E-state index is 3.59. The van der Waals surface area contributed by atoms with Crippen molar-refractivity contribution in [3.05, 3.63) is 56.2 Å². The van der Waals surface area contributed by atoms with Crippen LogP contribution in [0, 0.1) is 0 Å². The maximum absolute atomic E-state index is 3.59. The first-order valence-electron chi connectivity index (χ1n) is 7.36. The van der Waals surface area contributed by atoms with Gasteiger partial charge in [-0.1, -0.05) is 37.6 Å². The summed E-state index contributed by atoms with van der Waals surface area (Å²) in [5.41, 5.74) is 2.88. The molecule has 20 heavy (non-hydrogen) atoms. The summed E-state index contributed by atoms with van der Waals surface area (Å²) < 4.78 is 1.20. The zero-order valence-corrected chi connectivity index (χ0v) is 14.1. The minimum Gasteiger partial charge on any atom is -0.306 e. The van der Waals surface area contributed by atoms with Crippen LogP contribution in [0.1, 0.15) is 54.1 Å². The molecular weight excluding hydrogens is 330 g/mol. The molecule has 1 atom stereocenters. The van der Waals surface area contributed by atoms with Crippen molar-refractivity contribution in [2.45, 2.75) is 38.1 Å². The standard InChI is InChI=1S/C17H20BrNS/c1-2-19-17(15-10-11-16(18)20-15)14-8-6-13(7-9-14)12-4-3-5-12/h6-12,17,19H,2-5H2,1H3. The monoisotopic (exact) mass is 349 g/mol. The van der Waals surface area contributed by atoms with Crippen molar-refractivity contribution in [3.8, 4) is 0 Å². The van der Waals surface area contributed by atoms with Gasteiger partial charge in [-0.3, -0.25) is 0 Å². The summed E-state index contributed by atoms with van der Waals surface area (Å²) in [6.45, 7) is 3.14. The van der Waals surface area contributed by atoms with Gasteiger partial charge < -0.3 is 5.32 Å². The van der Waals surface area contributed by atoms with E-state index in [1.54, 1.807) is 0 Å². The second-order valence-electron chi connectivity index (χ2n) is 5.43. The second-order valence-corrected chi connectivity index (χ2v) is 7.92. The number of halogens is 1. The van der Waals surface area contributed by atoms with E-state index >= 15 is 0 Å². The average Bonchev–Trinajstić information content (AvgIpc) is 2.82. The molecule has 1 N–H and O–H groups in total. The van der Waals surface area contributed by atoms with Crippen LogP contribution in [0.2, 0.25) is 0 Å². The Bertz CT molecular complexity index is 557. The van der Waals surface area contributed by atoms with Crippen LogP contribution in [0.3, 0.4) is 0 Å². The highest BCUT2D eigenvalue weighted by atomic mass is 79.9. The molecule has 0 aliphatic heterocycles. The van der Waals surface area contributed by atoms with Gasteiger partial charge >= 0.3 is 0 Å². The number of rotatable bonds is 5. The first-order valence-corrected chi connectivity index (χ1v) is 8.97. The Morgan fingerprint density at radius 3 is 2.45 bits per heavy atom. The quantitative estimate of drug-likeness (QED) is 0.753. The molecule has 0 radical (unpaired) electrons. The highest BCUT2D eigenvalue weighted by Crippen LogP contribution is 2.37. The number of hydrogen-bond donors (Lipinski definition) is 1. The predicted molar refractivity (Wildman–Crippen MR) is 90.6 cm³/mol. The van der Waals surface area contributed by atoms with E-state index in [-0.39, 0.29) is 0 Å². The van der Waals surface area contributed by atoms with Crippen LogP contribution in [-0.2, 0) is 0 Å². The van der Waals surface area contributed by atoms with Crippen molar-refractivity contribution in [1.29, 1.82) is 0 Å². The molecule has 1 aromatic heterocycles. The lowest BCUT2D eigenvalue weighted by atomic mass is 9.80. The molecule has 2 aromatic rings. The molecule has 1 aliphatic carbocycles. The molecule has 1 heterocycles. The Hall–Kier alpha value is -0.640. The van der Waals surface area contributed by atoms with Crippen molar-refractivity contribution < 1.29 is 0 Å². The fourth-order valence-electron chi connectivity index (χ4n) is 2.77. The third-order valence-corrected chi connectivity index (χ3v) is 5.82. The molecular formula is C17H20BrNS. The van der Waals surface area contributed by atoms with Gasteiger partial charge in [0.15, 0.2) is 0 Å². The Morgan fingerprint density at radius 1 is 1.20 bits per heavy atom. The SMILES string of the molecule is CCNC(c1ccc(C2CCC2)cc1)c1ccc(Br)s1. The largest absolute Gasteiger partial charge is 0.306 e. The molecule has 0 saturated heterocycles. The van der Waals surface area contributed by atoms with Gasteiger partial charge in [0.2, 0.25) is 0 Å². The molecule has 0 amide bonds. The van der Waals surface area contributed by atoms with Gasteiger partial charge in [0.05, 0.1) is 9.83 Å². The minimum atomic E-state index is 0.312.